The van der Waals surface area contributed by atoms with E-state index in [4.69, 9.17) is 37.4 Å². The largest absolute Gasteiger partial charge is 0.490 e. The number of halogens is 5. The number of nitrogens with zero attached hydrogens (tertiary/aromatic N) is 2. The summed E-state index contributed by atoms with van der Waals surface area (Å²) in [6.07, 6.45) is 2.21. The van der Waals surface area contributed by atoms with Crippen LogP contribution >= 0.6 is 55.1 Å². The van der Waals surface area contributed by atoms with Gasteiger partial charge in [0.15, 0.2) is 0 Å². The fraction of sp³-hybridized carbons (Fsp3) is 0.562. The van der Waals surface area contributed by atoms with Gasteiger partial charge in [-0.15, -0.1) is 0 Å². The van der Waals surface area contributed by atoms with Crippen LogP contribution in [-0.2, 0) is 9.47 Å². The van der Waals surface area contributed by atoms with Gasteiger partial charge in [-0.1, -0.05) is 23.2 Å². The highest BCUT2D eigenvalue weighted by atomic mass is 79.9. The van der Waals surface area contributed by atoms with Crippen molar-refractivity contribution in [1.29, 1.82) is 0 Å². The average Bonchev–Trinajstić information content (AvgIpc) is 2.93. The Hall–Kier alpha value is -1.79. The summed E-state index contributed by atoms with van der Waals surface area (Å²) in [7, 11) is 0. The summed E-state index contributed by atoms with van der Waals surface area (Å²) in [6.45, 7) is 13.7. The third kappa shape index (κ3) is 15.6. The first kappa shape index (κ1) is 39.4. The molecule has 0 spiro atoms. The molecule has 1 N–H and O–H groups in total. The first-order valence-corrected chi connectivity index (χ1v) is 17.0. The molecule has 0 radical (unpaired) electrons. The highest BCUT2D eigenvalue weighted by Crippen LogP contribution is 2.29. The van der Waals surface area contributed by atoms with Crippen molar-refractivity contribution in [2.24, 2.45) is 0 Å². The number of ether oxygens (including phenoxy) is 3. The molecule has 2 aromatic rings. The maximum Gasteiger partial charge on any atom is 0.410 e. The quantitative estimate of drug-likeness (QED) is 0.305. The van der Waals surface area contributed by atoms with E-state index in [1.54, 1.807) is 15.9 Å². The molecule has 8 nitrogen and oxygen atoms in total. The summed E-state index contributed by atoms with van der Waals surface area (Å²) in [5.74, 6) is 0.498. The molecule has 0 aromatic heterocycles. The predicted octanol–water partition coefficient (Wildman–Crippen LogP) is 9.50. The lowest BCUT2D eigenvalue weighted by molar-refractivity contribution is 0.00959. The van der Waals surface area contributed by atoms with Crippen LogP contribution in [0.25, 0.3) is 0 Å². The van der Waals surface area contributed by atoms with Crippen LogP contribution in [-0.4, -0.2) is 76.7 Å². The minimum Gasteiger partial charge on any atom is -0.490 e. The normalized spacial score (nSPS) is 16.1. The van der Waals surface area contributed by atoms with Crippen molar-refractivity contribution in [1.82, 2.24) is 9.80 Å². The summed E-state index contributed by atoms with van der Waals surface area (Å²) in [5, 5.41) is 10.4. The molecule has 45 heavy (non-hydrogen) atoms. The minimum atomic E-state index is -0.458. The fourth-order valence-electron chi connectivity index (χ4n) is 4.07. The number of aliphatic hydroxyl groups excluding tert-OH is 1. The molecule has 0 aliphatic carbocycles. The monoisotopic (exact) mass is 798 g/mol. The second-order valence-corrected chi connectivity index (χ2v) is 15.1. The number of carbonyl (C=O) groups excluding carboxylic acids is 2. The first-order valence-electron chi connectivity index (χ1n) is 14.7. The van der Waals surface area contributed by atoms with Gasteiger partial charge < -0.3 is 29.1 Å². The third-order valence-electron chi connectivity index (χ3n) is 6.29. The van der Waals surface area contributed by atoms with Crippen LogP contribution in [0, 0.1) is 5.82 Å². The van der Waals surface area contributed by atoms with Crippen molar-refractivity contribution in [3.05, 3.63) is 61.2 Å². The van der Waals surface area contributed by atoms with E-state index in [-0.39, 0.29) is 30.2 Å². The van der Waals surface area contributed by atoms with Crippen LogP contribution in [0.2, 0.25) is 10.0 Å². The number of amides is 2. The Labute approximate surface area is 292 Å². The lowest BCUT2D eigenvalue weighted by atomic mass is 10.1. The van der Waals surface area contributed by atoms with E-state index in [0.29, 0.717) is 53.5 Å². The number of hydrogen-bond acceptors (Lipinski definition) is 6. The van der Waals surface area contributed by atoms with Crippen molar-refractivity contribution in [3.8, 4) is 5.75 Å². The number of rotatable bonds is 2. The SMILES string of the molecule is CC(C)(C)OC(=O)N1CCC(O)CC1.CC(C)(C)OC(=O)N1CCC(Oc2ccc(Cl)c(Br)c2)CC1.Fc1ccc(Cl)c(Br)c1. The maximum atomic E-state index is 12.3. The standard InChI is InChI=1S/C16H21BrClNO3.C10H19NO3.C6H3BrClF/c1-16(2,3)22-15(20)19-8-6-11(7-9-19)21-12-4-5-14(18)13(17)10-12;1-10(2,3)14-9(13)11-6-4-8(12)5-7-11;7-5-3-4(9)1-2-6(5)8/h4-5,10-11H,6-9H2,1-3H3;8,12H,4-7H2,1-3H3;1-3H. The van der Waals surface area contributed by atoms with Crippen LogP contribution in [0.3, 0.4) is 0 Å². The molecule has 13 heteroatoms. The summed E-state index contributed by atoms with van der Waals surface area (Å²) in [4.78, 5) is 26.9. The van der Waals surface area contributed by atoms with E-state index in [1.165, 1.54) is 18.2 Å². The van der Waals surface area contributed by atoms with Crippen molar-refractivity contribution in [2.75, 3.05) is 26.2 Å². The summed E-state index contributed by atoms with van der Waals surface area (Å²) < 4.78 is 30.2. The fourth-order valence-corrected chi connectivity index (χ4v) is 5.01. The molecule has 2 aliphatic heterocycles. The van der Waals surface area contributed by atoms with Crippen molar-refractivity contribution in [3.63, 3.8) is 0 Å². The zero-order valence-corrected chi connectivity index (χ0v) is 31.2. The zero-order valence-electron chi connectivity index (χ0n) is 26.5. The summed E-state index contributed by atoms with van der Waals surface area (Å²) in [5.41, 5.74) is -0.896. The van der Waals surface area contributed by atoms with E-state index < -0.39 is 11.2 Å². The van der Waals surface area contributed by atoms with E-state index in [1.807, 2.05) is 53.7 Å². The van der Waals surface area contributed by atoms with E-state index in [2.05, 4.69) is 31.9 Å². The molecule has 2 fully saturated rings. The molecular formula is C32H43Br2Cl2FN2O6. The molecule has 4 rings (SSSR count). The van der Waals surface area contributed by atoms with Gasteiger partial charge in [0, 0.05) is 48.0 Å². The Kier molecular flexibility index (Phi) is 15.7. The zero-order chi connectivity index (χ0) is 33.9. The number of piperidine rings is 2. The van der Waals surface area contributed by atoms with Crippen LogP contribution < -0.4 is 4.74 Å². The Morgan fingerprint density at radius 1 is 0.778 bits per heavy atom. The summed E-state index contributed by atoms with van der Waals surface area (Å²) in [6, 6.07) is 9.66. The first-order chi connectivity index (χ1) is 20.8. The highest BCUT2D eigenvalue weighted by molar-refractivity contribution is 9.10. The van der Waals surface area contributed by atoms with Gasteiger partial charge in [0.25, 0.3) is 0 Å². The van der Waals surface area contributed by atoms with Gasteiger partial charge in [0.1, 0.15) is 28.9 Å². The Morgan fingerprint density at radius 3 is 1.60 bits per heavy atom. The number of benzene rings is 2. The molecule has 252 valence electrons. The van der Waals surface area contributed by atoms with Gasteiger partial charge in [-0.2, -0.15) is 0 Å². The Balaban J connectivity index is 0.000000261. The molecule has 2 aliphatic rings. The Morgan fingerprint density at radius 2 is 1.20 bits per heavy atom. The Bertz CT molecular complexity index is 1260. The van der Waals surface area contributed by atoms with Crippen LogP contribution in [0.4, 0.5) is 14.0 Å². The summed E-state index contributed by atoms with van der Waals surface area (Å²) >= 11 is 18.0. The van der Waals surface area contributed by atoms with Crippen LogP contribution in [0.1, 0.15) is 67.2 Å². The molecule has 2 aromatic carbocycles. The van der Waals surface area contributed by atoms with E-state index >= 15 is 0 Å². The molecule has 2 amide bonds. The molecule has 0 atom stereocenters. The highest BCUT2D eigenvalue weighted by Gasteiger charge is 2.28. The predicted molar refractivity (Wildman–Crippen MR) is 183 cm³/mol. The molecule has 2 saturated heterocycles. The van der Waals surface area contributed by atoms with Gasteiger partial charge in [-0.3, -0.25) is 0 Å². The van der Waals surface area contributed by atoms with Crippen molar-refractivity contribution in [2.45, 2.75) is 90.6 Å². The molecular weight excluding hydrogens is 758 g/mol. The van der Waals surface area contributed by atoms with Gasteiger partial charge in [0.05, 0.1) is 16.1 Å². The number of likely N-dealkylation sites (tertiary alicyclic amines) is 2. The van der Waals surface area contributed by atoms with Gasteiger partial charge >= 0.3 is 12.2 Å². The topological polar surface area (TPSA) is 88.5 Å². The number of hydrogen-bond donors (Lipinski definition) is 1. The molecule has 0 bridgehead atoms. The number of aliphatic hydroxyl groups is 1. The molecule has 0 unspecified atom stereocenters. The van der Waals surface area contributed by atoms with E-state index in [9.17, 15) is 19.1 Å². The lowest BCUT2D eigenvalue weighted by Gasteiger charge is -2.33. The van der Waals surface area contributed by atoms with Gasteiger partial charge in [-0.25, -0.2) is 14.0 Å². The average molecular weight is 801 g/mol. The molecule has 0 saturated carbocycles. The van der Waals surface area contributed by atoms with Crippen molar-refractivity contribution >= 4 is 67.2 Å². The lowest BCUT2D eigenvalue weighted by Crippen LogP contribution is -2.44. The molecule has 2 heterocycles. The third-order valence-corrected chi connectivity index (χ3v) is 8.71. The maximum absolute atomic E-state index is 12.3. The number of carbonyl (C=O) groups is 2. The van der Waals surface area contributed by atoms with Gasteiger partial charge in [-0.05, 0) is 123 Å². The smallest absolute Gasteiger partial charge is 0.410 e. The van der Waals surface area contributed by atoms with Crippen molar-refractivity contribution < 1.29 is 33.3 Å². The van der Waals surface area contributed by atoms with E-state index in [0.717, 1.165) is 23.1 Å². The second kappa shape index (κ2) is 17.9. The second-order valence-electron chi connectivity index (χ2n) is 12.6. The van der Waals surface area contributed by atoms with Gasteiger partial charge in [0.2, 0.25) is 0 Å². The minimum absolute atomic E-state index is 0.103. The van der Waals surface area contributed by atoms with Crippen LogP contribution in [0.15, 0.2) is 45.3 Å². The van der Waals surface area contributed by atoms with Crippen LogP contribution in [0.5, 0.6) is 5.75 Å².